The molecule has 1 aromatic carbocycles. The summed E-state index contributed by atoms with van der Waals surface area (Å²) in [7, 11) is 6.70. The molecule has 0 radical (unpaired) electrons. The van der Waals surface area contributed by atoms with Crippen molar-refractivity contribution in [1.82, 2.24) is 9.47 Å². The van der Waals surface area contributed by atoms with Crippen LogP contribution in [0.5, 0.6) is 0 Å². The molecule has 1 aliphatic heterocycles. The van der Waals surface area contributed by atoms with Crippen molar-refractivity contribution in [2.24, 2.45) is 13.0 Å². The van der Waals surface area contributed by atoms with E-state index >= 15 is 0 Å². The first-order valence-corrected chi connectivity index (χ1v) is 8.66. The molecule has 6 heteroatoms. The molecule has 2 aliphatic rings. The quantitative estimate of drug-likeness (QED) is 0.776. The molecule has 0 fully saturated rings. The molecule has 0 saturated carbocycles. The summed E-state index contributed by atoms with van der Waals surface area (Å²) in [5.41, 5.74) is 3.68. The van der Waals surface area contributed by atoms with Crippen LogP contribution in [-0.4, -0.2) is 42.7 Å². The Bertz CT molecular complexity index is 943. The first-order chi connectivity index (χ1) is 12.5. The lowest BCUT2D eigenvalue weighted by Gasteiger charge is -2.43. The predicted molar refractivity (Wildman–Crippen MR) is 96.4 cm³/mol. The topological polar surface area (TPSA) is 60.8 Å². The van der Waals surface area contributed by atoms with Crippen LogP contribution in [-0.2, 0) is 26.1 Å². The molecule has 1 aliphatic carbocycles. The second kappa shape index (κ2) is 5.90. The molecule has 3 atom stereocenters. The molecule has 26 heavy (non-hydrogen) atoms. The molecule has 2 aromatic rings. The largest absolute Gasteiger partial charge is 0.468 e. The molecule has 0 N–H and O–H groups in total. The highest BCUT2D eigenvalue weighted by Crippen LogP contribution is 2.52. The number of hydrogen-bond donors (Lipinski definition) is 0. The Balaban J connectivity index is 2.01. The molecule has 6 nitrogen and oxygen atoms in total. The molecule has 0 amide bonds. The summed E-state index contributed by atoms with van der Waals surface area (Å²) in [4.78, 5) is 27.2. The number of esters is 2. The Hall–Kier alpha value is -2.76. The molecule has 1 aromatic heterocycles. The van der Waals surface area contributed by atoms with E-state index in [-0.39, 0.29) is 17.9 Å². The number of aromatic nitrogens is 1. The molecular formula is C20H22N2O4. The summed E-state index contributed by atoms with van der Waals surface area (Å²) in [5, 5.41) is 1.14. The highest BCUT2D eigenvalue weighted by atomic mass is 16.5. The third-order valence-corrected chi connectivity index (χ3v) is 5.81. The van der Waals surface area contributed by atoms with Gasteiger partial charge >= 0.3 is 11.9 Å². The zero-order valence-corrected chi connectivity index (χ0v) is 15.4. The van der Waals surface area contributed by atoms with Crippen LogP contribution in [0, 0.1) is 5.92 Å². The minimum atomic E-state index is -0.525. The summed E-state index contributed by atoms with van der Waals surface area (Å²) in [6, 6.07) is 8.27. The number of aryl methyl sites for hydroxylation is 1. The van der Waals surface area contributed by atoms with Gasteiger partial charge in [0.1, 0.15) is 5.92 Å². The third-order valence-electron chi connectivity index (χ3n) is 5.81. The third kappa shape index (κ3) is 2.11. The Morgan fingerprint density at radius 2 is 1.85 bits per heavy atom. The summed E-state index contributed by atoms with van der Waals surface area (Å²) >= 11 is 0. The van der Waals surface area contributed by atoms with Gasteiger partial charge in [-0.15, -0.1) is 0 Å². The van der Waals surface area contributed by atoms with Crippen molar-refractivity contribution < 1.29 is 19.1 Å². The Morgan fingerprint density at radius 1 is 1.12 bits per heavy atom. The minimum Gasteiger partial charge on any atom is -0.468 e. The van der Waals surface area contributed by atoms with Crippen molar-refractivity contribution in [2.75, 3.05) is 21.3 Å². The van der Waals surface area contributed by atoms with Crippen LogP contribution in [0.25, 0.3) is 10.9 Å². The Labute approximate surface area is 152 Å². The summed E-state index contributed by atoms with van der Waals surface area (Å²) < 4.78 is 12.2. The van der Waals surface area contributed by atoms with Gasteiger partial charge in [-0.2, -0.15) is 0 Å². The van der Waals surface area contributed by atoms with E-state index in [0.717, 1.165) is 22.2 Å². The fourth-order valence-electron chi connectivity index (χ4n) is 4.66. The number of carbonyl (C=O) groups excluding carboxylic acids is 2. The lowest BCUT2D eigenvalue weighted by Crippen LogP contribution is -2.41. The van der Waals surface area contributed by atoms with E-state index in [0.29, 0.717) is 12.0 Å². The van der Waals surface area contributed by atoms with Gasteiger partial charge in [0.25, 0.3) is 0 Å². The highest BCUT2D eigenvalue weighted by molar-refractivity contribution is 5.94. The van der Waals surface area contributed by atoms with Gasteiger partial charge in [-0.25, -0.2) is 4.79 Å². The maximum absolute atomic E-state index is 12.8. The Kier molecular flexibility index (Phi) is 3.79. The van der Waals surface area contributed by atoms with Crippen molar-refractivity contribution >= 4 is 22.8 Å². The second-order valence-corrected chi connectivity index (χ2v) is 6.98. The van der Waals surface area contributed by atoms with Crippen molar-refractivity contribution in [3.63, 3.8) is 0 Å². The molecule has 0 saturated heterocycles. The zero-order valence-electron chi connectivity index (χ0n) is 15.4. The van der Waals surface area contributed by atoms with Gasteiger partial charge in [0.2, 0.25) is 0 Å². The fourth-order valence-corrected chi connectivity index (χ4v) is 4.66. The molecule has 2 heterocycles. The number of rotatable bonds is 2. The normalized spacial score (nSPS) is 24.1. The summed E-state index contributed by atoms with van der Waals surface area (Å²) in [5.74, 6) is -1.49. The van der Waals surface area contributed by atoms with Gasteiger partial charge < -0.3 is 18.9 Å². The van der Waals surface area contributed by atoms with Crippen molar-refractivity contribution in [3.8, 4) is 0 Å². The van der Waals surface area contributed by atoms with E-state index in [9.17, 15) is 9.59 Å². The van der Waals surface area contributed by atoms with Crippen LogP contribution in [0.4, 0.5) is 0 Å². The molecule has 0 spiro atoms. The minimum absolute atomic E-state index is 0.107. The number of carbonyl (C=O) groups is 2. The predicted octanol–water partition coefficient (Wildman–Crippen LogP) is 2.50. The van der Waals surface area contributed by atoms with Gasteiger partial charge in [0.05, 0.1) is 25.8 Å². The van der Waals surface area contributed by atoms with Crippen LogP contribution in [0.2, 0.25) is 0 Å². The Morgan fingerprint density at radius 3 is 2.54 bits per heavy atom. The zero-order chi connectivity index (χ0) is 18.6. The van der Waals surface area contributed by atoms with Crippen LogP contribution >= 0.6 is 0 Å². The molecule has 136 valence electrons. The average molecular weight is 354 g/mol. The number of para-hydroxylation sites is 1. The van der Waals surface area contributed by atoms with E-state index < -0.39 is 11.9 Å². The number of ether oxygens (including phenoxy) is 2. The van der Waals surface area contributed by atoms with Crippen LogP contribution in [0.15, 0.2) is 36.0 Å². The number of hydrogen-bond acceptors (Lipinski definition) is 5. The number of nitrogens with zero attached hydrogens (tertiary/aromatic N) is 2. The van der Waals surface area contributed by atoms with Gasteiger partial charge in [0, 0.05) is 48.4 Å². The second-order valence-electron chi connectivity index (χ2n) is 6.98. The number of fused-ring (bicyclic) bond motifs is 6. The van der Waals surface area contributed by atoms with Crippen molar-refractivity contribution in [3.05, 3.63) is 47.3 Å². The summed E-state index contributed by atoms with van der Waals surface area (Å²) in [6.45, 7) is 0. The van der Waals surface area contributed by atoms with E-state index in [4.69, 9.17) is 9.47 Å². The van der Waals surface area contributed by atoms with Gasteiger partial charge in [-0.1, -0.05) is 18.2 Å². The lowest BCUT2D eigenvalue weighted by atomic mass is 9.70. The fraction of sp³-hybridized carbons (Fsp3) is 0.400. The maximum Gasteiger partial charge on any atom is 0.335 e. The average Bonchev–Trinajstić information content (AvgIpc) is 2.96. The van der Waals surface area contributed by atoms with E-state index in [1.807, 2.05) is 32.4 Å². The van der Waals surface area contributed by atoms with E-state index in [1.165, 1.54) is 14.2 Å². The molecule has 2 bridgehead atoms. The van der Waals surface area contributed by atoms with Crippen molar-refractivity contribution in [1.29, 1.82) is 0 Å². The highest BCUT2D eigenvalue weighted by Gasteiger charge is 2.49. The molecule has 0 unspecified atom stereocenters. The maximum atomic E-state index is 12.8. The first kappa shape index (κ1) is 16.7. The van der Waals surface area contributed by atoms with Gasteiger partial charge in [-0.05, 0) is 12.5 Å². The lowest BCUT2D eigenvalue weighted by molar-refractivity contribution is -0.145. The standard InChI is InChI=1S/C20H22N2O4/c1-21-10-13(19(23)25-3)12-9-15(21)16-11-7-5-6-8-14(11)22(2)18(16)17(12)20(24)26-4/h5-8,10,12,15,17H,9H2,1-4H3/t12-,15-,17+/m0/s1. The molecular weight excluding hydrogens is 332 g/mol. The SMILES string of the molecule is COC(=O)C1=CN(C)[C@H]2C[C@@H]1[C@@H](C(=O)OC)c1c2c2ccccc2n1C. The number of benzene rings is 1. The van der Waals surface area contributed by atoms with Crippen LogP contribution < -0.4 is 0 Å². The van der Waals surface area contributed by atoms with E-state index in [1.54, 1.807) is 0 Å². The first-order valence-electron chi connectivity index (χ1n) is 8.66. The van der Waals surface area contributed by atoms with Gasteiger partial charge in [0.15, 0.2) is 0 Å². The molecule has 4 rings (SSSR count). The van der Waals surface area contributed by atoms with Crippen LogP contribution in [0.3, 0.4) is 0 Å². The monoisotopic (exact) mass is 354 g/mol. The van der Waals surface area contributed by atoms with Gasteiger partial charge in [-0.3, -0.25) is 4.79 Å². The van der Waals surface area contributed by atoms with Crippen LogP contribution in [0.1, 0.15) is 29.6 Å². The van der Waals surface area contributed by atoms with E-state index in [2.05, 4.69) is 21.6 Å². The summed E-state index contributed by atoms with van der Waals surface area (Å²) in [6.07, 6.45) is 2.50. The van der Waals surface area contributed by atoms with Crippen molar-refractivity contribution in [2.45, 2.75) is 18.4 Å². The smallest absolute Gasteiger partial charge is 0.335 e. The number of methoxy groups -OCH3 is 2.